The molecule has 0 saturated carbocycles. The molecule has 2 aromatic carbocycles. The van der Waals surface area contributed by atoms with Gasteiger partial charge in [-0.25, -0.2) is 0 Å². The lowest BCUT2D eigenvalue weighted by molar-refractivity contribution is 0.0586. The highest BCUT2D eigenvalue weighted by Crippen LogP contribution is 2.48. The highest BCUT2D eigenvalue weighted by molar-refractivity contribution is 6.56. The predicted octanol–water partition coefficient (Wildman–Crippen LogP) is 2.15. The summed E-state index contributed by atoms with van der Waals surface area (Å²) in [6.45, 7) is 0. The Morgan fingerprint density at radius 3 is 1.36 bits per heavy atom. The van der Waals surface area contributed by atoms with Crippen LogP contribution in [0.4, 0.5) is 0 Å². The minimum atomic E-state index is -2.34. The normalized spacial score (nSPS) is 17.0. The van der Waals surface area contributed by atoms with Crippen molar-refractivity contribution in [2.75, 3.05) is 14.2 Å². The van der Waals surface area contributed by atoms with Crippen LogP contribution >= 0.6 is 0 Å². The Labute approximate surface area is 142 Å². The molecule has 6 nitrogen and oxygen atoms in total. The fourth-order valence-electron chi connectivity index (χ4n) is 3.56. The molecule has 0 atom stereocenters. The summed E-state index contributed by atoms with van der Waals surface area (Å²) in [4.78, 5) is 51.9. The van der Waals surface area contributed by atoms with Crippen molar-refractivity contribution >= 4 is 23.1 Å². The second-order valence-electron chi connectivity index (χ2n) is 5.86. The number of Topliss-reactive ketones (excluding diaryl/α,β-unsaturated/α-hetero) is 4. The molecule has 0 aliphatic heterocycles. The van der Waals surface area contributed by atoms with Gasteiger partial charge in [-0.3, -0.25) is 19.2 Å². The van der Waals surface area contributed by atoms with E-state index in [4.69, 9.17) is 9.47 Å². The van der Waals surface area contributed by atoms with Crippen LogP contribution in [-0.2, 0) is 0 Å². The minimum Gasteiger partial charge on any atom is -0.493 e. The Kier molecular flexibility index (Phi) is 2.97. The predicted molar refractivity (Wildman–Crippen MR) is 85.7 cm³/mol. The number of rotatable bonds is 2. The summed E-state index contributed by atoms with van der Waals surface area (Å²) in [6.07, 6.45) is 0. The van der Waals surface area contributed by atoms with Crippen LogP contribution < -0.4 is 9.47 Å². The zero-order valence-corrected chi connectivity index (χ0v) is 13.4. The maximum Gasteiger partial charge on any atom is 0.221 e. The van der Waals surface area contributed by atoms with E-state index in [9.17, 15) is 19.2 Å². The third-order valence-electron chi connectivity index (χ3n) is 4.79. The van der Waals surface area contributed by atoms with Crippen LogP contribution in [0, 0.1) is 5.41 Å². The van der Waals surface area contributed by atoms with Crippen molar-refractivity contribution in [1.82, 2.24) is 0 Å². The summed E-state index contributed by atoms with van der Waals surface area (Å²) < 4.78 is 10.3. The molecule has 0 fully saturated rings. The second kappa shape index (κ2) is 4.86. The molecule has 0 heterocycles. The first-order valence-electron chi connectivity index (χ1n) is 7.52. The number of fused-ring (bicyclic) bond motifs is 2. The van der Waals surface area contributed by atoms with Crippen molar-refractivity contribution in [3.63, 3.8) is 0 Å². The van der Waals surface area contributed by atoms with Gasteiger partial charge in [0.1, 0.15) is 0 Å². The summed E-state index contributed by atoms with van der Waals surface area (Å²) in [7, 11) is 2.78. The quantitative estimate of drug-likeness (QED) is 0.781. The standard InChI is InChI=1S/C19H12O6/c1-24-13-7-11-12(8-14(13)25-2)18(23)19(17(11)22)15(20)9-5-3-4-6-10(9)16(19)21/h3-8H,1-2H3. The van der Waals surface area contributed by atoms with E-state index < -0.39 is 28.5 Å². The molecule has 0 aromatic heterocycles. The summed E-state index contributed by atoms with van der Waals surface area (Å²) >= 11 is 0. The van der Waals surface area contributed by atoms with Crippen molar-refractivity contribution in [3.05, 3.63) is 58.7 Å². The Hall–Kier alpha value is -3.28. The molecule has 2 aliphatic rings. The number of benzene rings is 2. The van der Waals surface area contributed by atoms with Crippen LogP contribution in [0.5, 0.6) is 11.5 Å². The van der Waals surface area contributed by atoms with E-state index in [0.717, 1.165) is 0 Å². The molecule has 2 aliphatic carbocycles. The van der Waals surface area contributed by atoms with E-state index in [0.29, 0.717) is 0 Å². The molecule has 6 heteroatoms. The molecular weight excluding hydrogens is 324 g/mol. The van der Waals surface area contributed by atoms with Crippen LogP contribution in [-0.4, -0.2) is 37.4 Å². The Balaban J connectivity index is 1.98. The van der Waals surface area contributed by atoms with Gasteiger partial charge in [-0.1, -0.05) is 24.3 Å². The van der Waals surface area contributed by atoms with E-state index in [2.05, 4.69) is 0 Å². The number of methoxy groups -OCH3 is 2. The SMILES string of the molecule is COc1cc2c(cc1OC)C(=O)C1(C(=O)c3ccccc3C1=O)C2=O. The number of carbonyl (C=O) groups excluding carboxylic acids is 4. The number of carbonyl (C=O) groups is 4. The maximum atomic E-state index is 13.0. The summed E-state index contributed by atoms with van der Waals surface area (Å²) in [5, 5.41) is 0. The highest BCUT2D eigenvalue weighted by atomic mass is 16.5. The topological polar surface area (TPSA) is 86.7 Å². The number of hydrogen-bond donors (Lipinski definition) is 0. The van der Waals surface area contributed by atoms with Crippen LogP contribution in [0.3, 0.4) is 0 Å². The van der Waals surface area contributed by atoms with Crippen molar-refractivity contribution in [2.24, 2.45) is 5.41 Å². The van der Waals surface area contributed by atoms with Gasteiger partial charge in [-0.05, 0) is 12.1 Å². The average Bonchev–Trinajstić information content (AvgIpc) is 3.00. The first-order chi connectivity index (χ1) is 12.0. The van der Waals surface area contributed by atoms with Crippen molar-refractivity contribution in [2.45, 2.75) is 0 Å². The zero-order valence-electron chi connectivity index (χ0n) is 13.4. The summed E-state index contributed by atoms with van der Waals surface area (Å²) in [5.74, 6) is -2.65. The van der Waals surface area contributed by atoms with Gasteiger partial charge in [-0.15, -0.1) is 0 Å². The van der Waals surface area contributed by atoms with Crippen molar-refractivity contribution in [3.8, 4) is 11.5 Å². The number of ether oxygens (including phenoxy) is 2. The van der Waals surface area contributed by atoms with Gasteiger partial charge >= 0.3 is 0 Å². The van der Waals surface area contributed by atoms with Gasteiger partial charge in [0.25, 0.3) is 0 Å². The molecule has 0 bridgehead atoms. The van der Waals surface area contributed by atoms with Crippen LogP contribution in [0.1, 0.15) is 41.4 Å². The van der Waals surface area contributed by atoms with E-state index in [-0.39, 0.29) is 33.8 Å². The van der Waals surface area contributed by atoms with Crippen molar-refractivity contribution < 1.29 is 28.7 Å². The average molecular weight is 336 g/mol. The maximum absolute atomic E-state index is 13.0. The summed E-state index contributed by atoms with van der Waals surface area (Å²) in [5.41, 5.74) is -2.15. The Morgan fingerprint density at radius 2 is 1.00 bits per heavy atom. The number of hydrogen-bond acceptors (Lipinski definition) is 6. The van der Waals surface area contributed by atoms with Crippen molar-refractivity contribution in [1.29, 1.82) is 0 Å². The third kappa shape index (κ3) is 1.58. The molecule has 2 aromatic rings. The van der Waals surface area contributed by atoms with Gasteiger partial charge in [0.2, 0.25) is 5.41 Å². The van der Waals surface area contributed by atoms with E-state index in [1.54, 1.807) is 12.1 Å². The fourth-order valence-corrected chi connectivity index (χ4v) is 3.56. The Morgan fingerprint density at radius 1 is 0.640 bits per heavy atom. The molecule has 0 N–H and O–H groups in total. The van der Waals surface area contributed by atoms with E-state index in [1.165, 1.54) is 38.5 Å². The lowest BCUT2D eigenvalue weighted by Gasteiger charge is -2.14. The van der Waals surface area contributed by atoms with E-state index in [1.807, 2.05) is 0 Å². The fraction of sp³-hybridized carbons (Fsp3) is 0.158. The first kappa shape index (κ1) is 15.3. The minimum absolute atomic E-state index is 0.00263. The van der Waals surface area contributed by atoms with Gasteiger partial charge in [0.05, 0.1) is 14.2 Å². The molecule has 1 spiro atoms. The lowest BCUT2D eigenvalue weighted by atomic mass is 9.78. The smallest absolute Gasteiger partial charge is 0.221 e. The lowest BCUT2D eigenvalue weighted by Crippen LogP contribution is -2.44. The monoisotopic (exact) mass is 336 g/mol. The van der Waals surface area contributed by atoms with Crippen LogP contribution in [0.2, 0.25) is 0 Å². The molecule has 0 amide bonds. The molecule has 4 rings (SSSR count). The first-order valence-corrected chi connectivity index (χ1v) is 7.52. The van der Waals surface area contributed by atoms with Gasteiger partial charge in [0.15, 0.2) is 34.6 Å². The number of ketones is 4. The molecule has 0 unspecified atom stereocenters. The summed E-state index contributed by atoms with van der Waals surface area (Å²) in [6, 6.07) is 8.77. The van der Waals surface area contributed by atoms with Gasteiger partial charge < -0.3 is 9.47 Å². The van der Waals surface area contributed by atoms with Gasteiger partial charge in [0, 0.05) is 22.3 Å². The molecule has 0 saturated heterocycles. The molecule has 0 radical (unpaired) electrons. The molecule has 124 valence electrons. The third-order valence-corrected chi connectivity index (χ3v) is 4.79. The largest absolute Gasteiger partial charge is 0.493 e. The second-order valence-corrected chi connectivity index (χ2v) is 5.86. The zero-order chi connectivity index (χ0) is 17.9. The highest BCUT2D eigenvalue weighted by Gasteiger charge is 2.67. The van der Waals surface area contributed by atoms with Crippen LogP contribution in [0.25, 0.3) is 0 Å². The van der Waals surface area contributed by atoms with Crippen LogP contribution in [0.15, 0.2) is 36.4 Å². The van der Waals surface area contributed by atoms with E-state index >= 15 is 0 Å². The Bertz CT molecular complexity index is 921. The molecule has 25 heavy (non-hydrogen) atoms. The van der Waals surface area contributed by atoms with Gasteiger partial charge in [-0.2, -0.15) is 0 Å². The molecular formula is C19H12O6.